The maximum atomic E-state index is 15.0. The fraction of sp³-hybridized carbons (Fsp3) is 0.400. The van der Waals surface area contributed by atoms with E-state index in [0.29, 0.717) is 30.1 Å². The van der Waals surface area contributed by atoms with Crippen molar-refractivity contribution in [2.24, 2.45) is 7.05 Å². The third-order valence-electron chi connectivity index (χ3n) is 5.72. The number of nitrogens with zero attached hydrogens (tertiary/aromatic N) is 5. The van der Waals surface area contributed by atoms with Crippen molar-refractivity contribution in [2.45, 2.75) is 24.8 Å². The number of hydrogen-bond acceptors (Lipinski definition) is 5. The van der Waals surface area contributed by atoms with E-state index in [0.717, 1.165) is 21.9 Å². The molecule has 2 atom stereocenters. The van der Waals surface area contributed by atoms with E-state index in [-0.39, 0.29) is 13.0 Å². The van der Waals surface area contributed by atoms with Crippen LogP contribution in [0.15, 0.2) is 35.5 Å². The van der Waals surface area contributed by atoms with Crippen LogP contribution in [0.1, 0.15) is 12.0 Å². The highest BCUT2D eigenvalue weighted by molar-refractivity contribution is 5.89. The van der Waals surface area contributed by atoms with Crippen LogP contribution in [-0.4, -0.2) is 63.0 Å². The van der Waals surface area contributed by atoms with Crippen LogP contribution < -0.4 is 15.8 Å². The summed E-state index contributed by atoms with van der Waals surface area (Å²) in [6, 6.07) is 0.719. The van der Waals surface area contributed by atoms with Gasteiger partial charge in [-0.2, -0.15) is 18.3 Å². The Morgan fingerprint density at radius 2 is 2.06 bits per heavy atom. The second kappa shape index (κ2) is 8.37. The van der Waals surface area contributed by atoms with Crippen molar-refractivity contribution in [2.75, 3.05) is 30.4 Å². The smallest absolute Gasteiger partial charge is 0.367 e. The lowest BCUT2D eigenvalue weighted by molar-refractivity contribution is -0.138. The van der Waals surface area contributed by atoms with E-state index in [1.807, 2.05) is 6.07 Å². The van der Waals surface area contributed by atoms with Gasteiger partial charge in [-0.15, -0.1) is 0 Å². The molecule has 0 saturated carbocycles. The van der Waals surface area contributed by atoms with E-state index in [1.54, 1.807) is 17.3 Å². The van der Waals surface area contributed by atoms with Crippen LogP contribution in [0.2, 0.25) is 0 Å². The molecule has 1 unspecified atom stereocenters. The van der Waals surface area contributed by atoms with Crippen molar-refractivity contribution in [3.63, 3.8) is 0 Å². The minimum absolute atomic E-state index is 0.00134. The Balaban J connectivity index is 1.45. The number of carbonyl (C=O) groups is 1. The molecule has 0 radical (unpaired) electrons. The second-order valence-electron chi connectivity index (χ2n) is 7.92. The van der Waals surface area contributed by atoms with Crippen molar-refractivity contribution >= 4 is 28.4 Å². The Morgan fingerprint density at radius 3 is 2.76 bits per heavy atom. The average molecular weight is 467 g/mol. The minimum atomic E-state index is -4.69. The standard InChI is InChI=1S/C20H21F4N7O2/c1-29-9-12(20(22,23)24)6-15(18(29)32)27-19(33)30(2)16-3-4-31(10-14(16)21)13-5-11-7-26-28-17(11)25-8-13/h5-9,14,16H,3-4,10H2,1-2H3,(H,27,33)(H,25,26,28)/t14-,16?/m1/s1. The van der Waals surface area contributed by atoms with Crippen LogP contribution in [0.25, 0.3) is 11.0 Å². The Bertz CT molecular complexity index is 1240. The number of carbonyl (C=O) groups excluding carboxylic acids is 1. The third-order valence-corrected chi connectivity index (χ3v) is 5.72. The molecule has 2 amide bonds. The molecule has 33 heavy (non-hydrogen) atoms. The van der Waals surface area contributed by atoms with Gasteiger partial charge in [-0.05, 0) is 18.6 Å². The summed E-state index contributed by atoms with van der Waals surface area (Å²) < 4.78 is 54.9. The number of halogens is 4. The number of rotatable bonds is 3. The molecule has 1 saturated heterocycles. The zero-order valence-corrected chi connectivity index (χ0v) is 17.7. The Kier molecular flexibility index (Phi) is 5.72. The van der Waals surface area contributed by atoms with Gasteiger partial charge in [0.25, 0.3) is 5.56 Å². The lowest BCUT2D eigenvalue weighted by Crippen LogP contribution is -2.54. The summed E-state index contributed by atoms with van der Waals surface area (Å²) >= 11 is 0. The van der Waals surface area contributed by atoms with Crippen LogP contribution in [0.3, 0.4) is 0 Å². The fourth-order valence-electron chi connectivity index (χ4n) is 3.87. The molecule has 4 heterocycles. The van der Waals surface area contributed by atoms with Gasteiger partial charge < -0.3 is 19.7 Å². The Morgan fingerprint density at radius 1 is 1.30 bits per heavy atom. The zero-order chi connectivity index (χ0) is 23.9. The number of amides is 2. The zero-order valence-electron chi connectivity index (χ0n) is 17.7. The summed E-state index contributed by atoms with van der Waals surface area (Å²) in [5.74, 6) is 0. The predicted molar refractivity (Wildman–Crippen MR) is 113 cm³/mol. The molecule has 3 aromatic heterocycles. The van der Waals surface area contributed by atoms with E-state index in [4.69, 9.17) is 0 Å². The van der Waals surface area contributed by atoms with Gasteiger partial charge in [-0.25, -0.2) is 14.2 Å². The van der Waals surface area contributed by atoms with Crippen molar-refractivity contribution in [1.82, 2.24) is 24.6 Å². The SMILES string of the molecule is CN(C(=O)Nc1cc(C(F)(F)F)cn(C)c1=O)C1CCN(c2cnc3[nH]ncc3c2)C[C@H]1F. The maximum Gasteiger partial charge on any atom is 0.417 e. The molecule has 0 bridgehead atoms. The van der Waals surface area contributed by atoms with Crippen molar-refractivity contribution < 1.29 is 22.4 Å². The normalized spacial score (nSPS) is 19.0. The molecule has 0 aliphatic carbocycles. The quantitative estimate of drug-likeness (QED) is 0.578. The first-order valence-corrected chi connectivity index (χ1v) is 10.0. The predicted octanol–water partition coefficient (Wildman–Crippen LogP) is 2.76. The van der Waals surface area contributed by atoms with Gasteiger partial charge >= 0.3 is 12.2 Å². The topological polar surface area (TPSA) is 99.1 Å². The van der Waals surface area contributed by atoms with E-state index in [1.165, 1.54) is 7.05 Å². The van der Waals surface area contributed by atoms with Crippen LogP contribution in [0, 0.1) is 0 Å². The Labute approximate surface area is 185 Å². The number of hydrogen-bond donors (Lipinski definition) is 2. The number of anilines is 2. The molecule has 1 fully saturated rings. The average Bonchev–Trinajstić information content (AvgIpc) is 3.23. The summed E-state index contributed by atoms with van der Waals surface area (Å²) in [4.78, 5) is 31.9. The molecule has 9 nitrogen and oxygen atoms in total. The molecule has 176 valence electrons. The van der Waals surface area contributed by atoms with Crippen molar-refractivity contribution in [3.8, 4) is 0 Å². The molecule has 3 aromatic rings. The van der Waals surface area contributed by atoms with E-state index in [9.17, 15) is 22.8 Å². The molecular weight excluding hydrogens is 446 g/mol. The number of urea groups is 1. The van der Waals surface area contributed by atoms with E-state index < -0.39 is 41.2 Å². The number of nitrogens with one attached hydrogen (secondary N) is 2. The van der Waals surface area contributed by atoms with Gasteiger partial charge in [0, 0.05) is 32.2 Å². The first kappa shape index (κ1) is 22.6. The highest BCUT2D eigenvalue weighted by atomic mass is 19.4. The number of piperidine rings is 1. The third kappa shape index (κ3) is 4.47. The summed E-state index contributed by atoms with van der Waals surface area (Å²) in [6.07, 6.45) is -1.99. The highest BCUT2D eigenvalue weighted by Gasteiger charge is 2.35. The van der Waals surface area contributed by atoms with Gasteiger partial charge in [0.15, 0.2) is 5.65 Å². The van der Waals surface area contributed by atoms with Gasteiger partial charge in [0.1, 0.15) is 11.9 Å². The molecule has 1 aliphatic heterocycles. The fourth-order valence-corrected chi connectivity index (χ4v) is 3.87. The first-order chi connectivity index (χ1) is 15.5. The molecule has 1 aliphatic rings. The number of fused-ring (bicyclic) bond motifs is 1. The molecule has 0 aromatic carbocycles. The van der Waals surface area contributed by atoms with Gasteiger partial charge in [0.05, 0.1) is 36.2 Å². The monoisotopic (exact) mass is 467 g/mol. The summed E-state index contributed by atoms with van der Waals surface area (Å²) in [5, 5.41) is 9.62. The van der Waals surface area contributed by atoms with Crippen LogP contribution in [-0.2, 0) is 13.2 Å². The summed E-state index contributed by atoms with van der Waals surface area (Å²) in [6.45, 7) is 0.428. The largest absolute Gasteiger partial charge is 0.417 e. The van der Waals surface area contributed by atoms with Crippen LogP contribution in [0.5, 0.6) is 0 Å². The second-order valence-corrected chi connectivity index (χ2v) is 7.92. The van der Waals surface area contributed by atoms with Crippen LogP contribution >= 0.6 is 0 Å². The van der Waals surface area contributed by atoms with Gasteiger partial charge in [-0.3, -0.25) is 9.89 Å². The van der Waals surface area contributed by atoms with Gasteiger partial charge in [-0.1, -0.05) is 0 Å². The number of pyridine rings is 2. The number of aryl methyl sites for hydroxylation is 1. The Hall–Kier alpha value is -3.64. The molecule has 13 heteroatoms. The summed E-state index contributed by atoms with van der Waals surface area (Å²) in [5.41, 5.74) is -1.09. The van der Waals surface area contributed by atoms with Crippen molar-refractivity contribution in [1.29, 1.82) is 0 Å². The lowest BCUT2D eigenvalue weighted by Gasteiger charge is -2.39. The molecule has 0 spiro atoms. The number of aromatic nitrogens is 4. The van der Waals surface area contributed by atoms with Crippen LogP contribution in [0.4, 0.5) is 33.7 Å². The van der Waals surface area contributed by atoms with Gasteiger partial charge in [0.2, 0.25) is 0 Å². The minimum Gasteiger partial charge on any atom is -0.367 e. The number of alkyl halides is 4. The summed E-state index contributed by atoms with van der Waals surface area (Å²) in [7, 11) is 2.50. The molecular formula is C20H21F4N7O2. The maximum absolute atomic E-state index is 15.0. The lowest BCUT2D eigenvalue weighted by atomic mass is 10.0. The number of aromatic amines is 1. The molecule has 2 N–H and O–H groups in total. The van der Waals surface area contributed by atoms with E-state index in [2.05, 4.69) is 20.5 Å². The van der Waals surface area contributed by atoms with Crippen molar-refractivity contribution in [3.05, 3.63) is 46.6 Å². The molecule has 4 rings (SSSR count). The first-order valence-electron chi connectivity index (χ1n) is 10.0. The number of H-pyrrole nitrogens is 1. The highest BCUT2D eigenvalue weighted by Crippen LogP contribution is 2.30. The van der Waals surface area contributed by atoms with E-state index >= 15 is 4.39 Å².